The molecule has 0 aliphatic carbocycles. The second-order valence-electron chi connectivity index (χ2n) is 14.5. The van der Waals surface area contributed by atoms with Crippen LogP contribution < -0.4 is 15.8 Å². The third kappa shape index (κ3) is 9.73. The first kappa shape index (κ1) is 39.1. The van der Waals surface area contributed by atoms with E-state index in [1.54, 1.807) is 17.0 Å². The maximum Gasteiger partial charge on any atom is 0.322 e. The Bertz CT molecular complexity index is 1700. The largest absolute Gasteiger partial charge is 0.397 e. The van der Waals surface area contributed by atoms with E-state index in [9.17, 15) is 22.8 Å². The van der Waals surface area contributed by atoms with Gasteiger partial charge < -0.3 is 20.9 Å². The van der Waals surface area contributed by atoms with Gasteiger partial charge in [-0.25, -0.2) is 28.0 Å². The standard InChI is InChI=1S/C36H50Br2N8O5S/c1-25-6-13-44(14-7-25)45-18-16-42(17-19-45)20-21-52(50,51)41-32(24-33(47)27-22-29(37)34(39)30(38)23-27)35(48)43-11-9-28(10-12-43)46-15-8-26-4-2-3-5-31(26)40-36(46)49/h2-5,22-23,25,28,32,41H,6-21,24,39H2,1H3,(H,40,49). The molecule has 3 saturated heterocycles. The second kappa shape index (κ2) is 17.2. The minimum atomic E-state index is -3.94. The predicted molar refractivity (Wildman–Crippen MR) is 209 cm³/mol. The summed E-state index contributed by atoms with van der Waals surface area (Å²) < 4.78 is 30.8. The number of nitrogen functional groups attached to an aromatic ring is 1. The second-order valence-corrected chi connectivity index (χ2v) is 18.1. The average molecular weight is 867 g/mol. The number of nitrogens with one attached hydrogen (secondary N) is 2. The summed E-state index contributed by atoms with van der Waals surface area (Å²) in [6, 6.07) is 9.43. The molecule has 0 aromatic heterocycles. The molecule has 6 rings (SSSR count). The number of nitrogens with two attached hydrogens (primary N) is 1. The van der Waals surface area contributed by atoms with Gasteiger partial charge >= 0.3 is 6.03 Å². The SMILES string of the molecule is CC1CCN(N2CCN(CCS(=O)(=O)NC(CC(=O)c3cc(Br)c(N)c(Br)c3)C(=O)N3CCC(N4CCc5ccccc5NC4=O)CC3)CC2)CC1. The zero-order chi connectivity index (χ0) is 37.0. The molecule has 2 aromatic rings. The van der Waals surface area contributed by atoms with E-state index in [4.69, 9.17) is 5.73 Å². The van der Waals surface area contributed by atoms with Gasteiger partial charge in [-0.2, -0.15) is 0 Å². The molecule has 0 saturated carbocycles. The maximum absolute atomic E-state index is 14.1. The third-order valence-electron chi connectivity index (χ3n) is 11.0. The van der Waals surface area contributed by atoms with E-state index in [1.165, 1.54) is 12.8 Å². The van der Waals surface area contributed by atoms with Crippen LogP contribution >= 0.6 is 31.9 Å². The van der Waals surface area contributed by atoms with Crippen molar-refractivity contribution in [2.24, 2.45) is 5.92 Å². The lowest BCUT2D eigenvalue weighted by Crippen LogP contribution is -2.56. The maximum atomic E-state index is 14.1. The van der Waals surface area contributed by atoms with Crippen LogP contribution in [-0.2, 0) is 21.2 Å². The van der Waals surface area contributed by atoms with Gasteiger partial charge in [-0.15, -0.1) is 0 Å². The van der Waals surface area contributed by atoms with Gasteiger partial charge in [0.2, 0.25) is 15.9 Å². The molecule has 4 aliphatic heterocycles. The highest BCUT2D eigenvalue weighted by Crippen LogP contribution is 2.31. The van der Waals surface area contributed by atoms with Gasteiger partial charge in [0.1, 0.15) is 6.04 Å². The number of ketones is 1. The first-order chi connectivity index (χ1) is 24.9. The van der Waals surface area contributed by atoms with Crippen molar-refractivity contribution in [1.29, 1.82) is 0 Å². The number of amides is 3. The molecular formula is C36H50Br2N8O5S. The van der Waals surface area contributed by atoms with Gasteiger partial charge in [0.15, 0.2) is 5.78 Å². The van der Waals surface area contributed by atoms with Crippen LogP contribution in [0.3, 0.4) is 0 Å². The monoisotopic (exact) mass is 864 g/mol. The molecule has 2 aromatic carbocycles. The number of halogens is 2. The molecule has 52 heavy (non-hydrogen) atoms. The summed E-state index contributed by atoms with van der Waals surface area (Å²) >= 11 is 6.76. The number of hydrazine groups is 1. The number of likely N-dealkylation sites (tertiary alicyclic amines) is 1. The Kier molecular flexibility index (Phi) is 13.0. The fourth-order valence-corrected chi connectivity index (χ4v) is 10.1. The highest BCUT2D eigenvalue weighted by Gasteiger charge is 2.36. The van der Waals surface area contributed by atoms with Crippen molar-refractivity contribution in [2.45, 2.75) is 57.5 Å². The van der Waals surface area contributed by atoms with E-state index in [-0.39, 0.29) is 30.0 Å². The summed E-state index contributed by atoms with van der Waals surface area (Å²) in [6.07, 6.45) is 3.86. The normalized spacial score (nSPS) is 21.0. The van der Waals surface area contributed by atoms with Crippen LogP contribution in [0, 0.1) is 5.92 Å². The Balaban J connectivity index is 1.08. The Labute approximate surface area is 323 Å². The minimum Gasteiger partial charge on any atom is -0.397 e. The number of rotatable bonds is 11. The Morgan fingerprint density at radius 3 is 2.23 bits per heavy atom. The van der Waals surface area contributed by atoms with Gasteiger partial charge in [0.05, 0.1) is 11.4 Å². The number of carbonyl (C=O) groups excluding carboxylic acids is 3. The quantitative estimate of drug-likeness (QED) is 0.225. The summed E-state index contributed by atoms with van der Waals surface area (Å²) in [6.45, 7) is 9.25. The van der Waals surface area contributed by atoms with Crippen molar-refractivity contribution in [3.05, 3.63) is 56.5 Å². The number of benzene rings is 2. The van der Waals surface area contributed by atoms with E-state index < -0.39 is 22.0 Å². The van der Waals surface area contributed by atoms with Crippen molar-refractivity contribution in [1.82, 2.24) is 29.4 Å². The van der Waals surface area contributed by atoms with Crippen molar-refractivity contribution < 1.29 is 22.8 Å². The smallest absolute Gasteiger partial charge is 0.322 e. The van der Waals surface area contributed by atoms with Gasteiger partial charge in [-0.3, -0.25) is 14.5 Å². The van der Waals surface area contributed by atoms with E-state index in [1.807, 2.05) is 29.2 Å². The number of Topliss-reactive ketones (excluding diaryl/α,β-unsaturated/α-hetero) is 1. The van der Waals surface area contributed by atoms with Crippen LogP contribution in [-0.4, -0.2) is 134 Å². The molecule has 1 atom stereocenters. The zero-order valence-electron chi connectivity index (χ0n) is 29.7. The first-order valence-electron chi connectivity index (χ1n) is 18.3. The van der Waals surface area contributed by atoms with E-state index in [2.05, 4.69) is 63.7 Å². The lowest BCUT2D eigenvalue weighted by molar-refractivity contribution is -0.134. The summed E-state index contributed by atoms with van der Waals surface area (Å²) in [5.41, 5.74) is 8.67. The number of hydrogen-bond acceptors (Lipinski definition) is 9. The highest BCUT2D eigenvalue weighted by atomic mass is 79.9. The minimum absolute atomic E-state index is 0.0708. The molecule has 0 spiro atoms. The Morgan fingerprint density at radius 2 is 1.56 bits per heavy atom. The first-order valence-corrected chi connectivity index (χ1v) is 21.5. The number of anilines is 2. The molecule has 0 radical (unpaired) electrons. The molecule has 4 heterocycles. The Morgan fingerprint density at radius 1 is 0.923 bits per heavy atom. The summed E-state index contributed by atoms with van der Waals surface area (Å²) in [5, 5.41) is 7.85. The lowest BCUT2D eigenvalue weighted by atomic mass is 9.99. The van der Waals surface area contributed by atoms with Crippen LogP contribution in [0.25, 0.3) is 0 Å². The molecule has 4 N–H and O–H groups in total. The molecule has 284 valence electrons. The third-order valence-corrected chi connectivity index (χ3v) is 13.6. The molecule has 16 heteroatoms. The summed E-state index contributed by atoms with van der Waals surface area (Å²) in [7, 11) is -3.94. The van der Waals surface area contributed by atoms with E-state index >= 15 is 0 Å². The van der Waals surface area contributed by atoms with Gasteiger partial charge in [0.25, 0.3) is 0 Å². The molecule has 4 aliphatic rings. The van der Waals surface area contributed by atoms with Crippen LogP contribution in [0.15, 0.2) is 45.3 Å². The molecule has 3 amide bonds. The van der Waals surface area contributed by atoms with Crippen LogP contribution in [0.5, 0.6) is 0 Å². The number of para-hydroxylation sites is 1. The number of piperidine rings is 2. The molecule has 1 unspecified atom stereocenters. The van der Waals surface area contributed by atoms with Gasteiger partial charge in [-0.05, 0) is 93.6 Å². The van der Waals surface area contributed by atoms with Crippen molar-refractivity contribution in [2.75, 3.05) is 82.3 Å². The van der Waals surface area contributed by atoms with E-state index in [0.717, 1.165) is 62.9 Å². The van der Waals surface area contributed by atoms with Gasteiger partial charge in [-0.1, -0.05) is 25.1 Å². The number of piperazine rings is 1. The fourth-order valence-electron chi connectivity index (χ4n) is 7.63. The van der Waals surface area contributed by atoms with Gasteiger partial charge in [0, 0.05) is 98.1 Å². The zero-order valence-corrected chi connectivity index (χ0v) is 33.7. The van der Waals surface area contributed by atoms with Crippen LogP contribution in [0.1, 0.15) is 54.9 Å². The summed E-state index contributed by atoms with van der Waals surface area (Å²) in [5.74, 6) is -0.253. The number of nitrogens with zero attached hydrogens (tertiary/aromatic N) is 5. The van der Waals surface area contributed by atoms with E-state index in [0.29, 0.717) is 59.2 Å². The molecule has 13 nitrogen and oxygen atoms in total. The number of carbonyl (C=O) groups is 3. The van der Waals surface area contributed by atoms with Crippen LogP contribution in [0.2, 0.25) is 0 Å². The molecular weight excluding hydrogens is 816 g/mol. The van der Waals surface area contributed by atoms with Crippen molar-refractivity contribution in [3.8, 4) is 0 Å². The Hall–Kier alpha value is -2.60. The molecule has 3 fully saturated rings. The number of fused-ring (bicyclic) bond motifs is 1. The average Bonchev–Trinajstić information content (AvgIpc) is 3.30. The molecule has 0 bridgehead atoms. The highest BCUT2D eigenvalue weighted by molar-refractivity contribution is 9.11. The number of sulfonamides is 1. The topological polar surface area (TPSA) is 152 Å². The lowest BCUT2D eigenvalue weighted by Gasteiger charge is -2.43. The van der Waals surface area contributed by atoms with Crippen molar-refractivity contribution in [3.63, 3.8) is 0 Å². The van der Waals surface area contributed by atoms with Crippen molar-refractivity contribution >= 4 is 71.0 Å². The fraction of sp³-hybridized carbons (Fsp3) is 0.583. The summed E-state index contributed by atoms with van der Waals surface area (Å²) in [4.78, 5) is 46.4. The predicted octanol–water partition coefficient (Wildman–Crippen LogP) is 4.00. The van der Waals surface area contributed by atoms with Crippen LogP contribution in [0.4, 0.5) is 16.2 Å². The number of urea groups is 1. The number of hydrogen-bond donors (Lipinski definition) is 3.